The molecule has 3 heterocycles. The Labute approximate surface area is 173 Å². The van der Waals surface area contributed by atoms with E-state index >= 15 is 0 Å². The Hall–Kier alpha value is -3.49. The van der Waals surface area contributed by atoms with Crippen LogP contribution in [0.1, 0.15) is 41.2 Å². The predicted octanol–water partition coefficient (Wildman–Crippen LogP) is 2.24. The highest BCUT2D eigenvalue weighted by molar-refractivity contribution is 5.91. The van der Waals surface area contributed by atoms with E-state index in [1.54, 1.807) is 25.3 Å². The second-order valence-corrected chi connectivity index (χ2v) is 7.64. The maximum Gasteiger partial charge on any atom is 0.289 e. The lowest BCUT2D eigenvalue weighted by atomic mass is 10.1. The number of aryl methyl sites for hydroxylation is 2. The molecule has 1 fully saturated rings. The number of amides is 1. The van der Waals surface area contributed by atoms with Crippen molar-refractivity contribution < 1.29 is 9.32 Å². The van der Waals surface area contributed by atoms with E-state index in [0.717, 1.165) is 30.8 Å². The first-order valence-electron chi connectivity index (χ1n) is 10.00. The summed E-state index contributed by atoms with van der Waals surface area (Å²) in [5.41, 5.74) is 1.89. The van der Waals surface area contributed by atoms with E-state index < -0.39 is 0 Å². The van der Waals surface area contributed by atoms with Crippen molar-refractivity contribution in [1.82, 2.24) is 25.2 Å². The molecule has 0 aliphatic heterocycles. The molecule has 1 aliphatic rings. The molecule has 1 saturated carbocycles. The molecule has 0 unspecified atom stereocenters. The minimum atomic E-state index is -0.232. The molecular formula is C21H24N6O3. The van der Waals surface area contributed by atoms with Crippen LogP contribution >= 0.6 is 0 Å². The number of anilines is 1. The number of hydrogen-bond donors (Lipinski definition) is 2. The second kappa shape index (κ2) is 8.48. The highest BCUT2D eigenvalue weighted by Gasteiger charge is 2.26. The maximum atomic E-state index is 12.1. The van der Waals surface area contributed by atoms with Crippen LogP contribution in [-0.2, 0) is 0 Å². The van der Waals surface area contributed by atoms with Gasteiger partial charge in [-0.25, -0.2) is 4.98 Å². The zero-order valence-electron chi connectivity index (χ0n) is 17.0. The third kappa shape index (κ3) is 4.40. The summed E-state index contributed by atoms with van der Waals surface area (Å²) in [6, 6.07) is 8.72. The summed E-state index contributed by atoms with van der Waals surface area (Å²) in [6.07, 6.45) is 4.55. The number of nitrogens with one attached hydrogen (secondary N) is 2. The van der Waals surface area contributed by atoms with Gasteiger partial charge >= 0.3 is 0 Å². The van der Waals surface area contributed by atoms with E-state index in [4.69, 9.17) is 4.52 Å². The molecule has 9 heteroatoms. The van der Waals surface area contributed by atoms with Gasteiger partial charge in [-0.2, -0.15) is 9.78 Å². The highest BCUT2D eigenvalue weighted by Crippen LogP contribution is 2.27. The van der Waals surface area contributed by atoms with Crippen LogP contribution in [0.4, 0.5) is 5.82 Å². The van der Waals surface area contributed by atoms with Gasteiger partial charge in [-0.3, -0.25) is 9.59 Å². The summed E-state index contributed by atoms with van der Waals surface area (Å²) < 4.78 is 6.34. The number of rotatable bonds is 6. The zero-order chi connectivity index (χ0) is 21.1. The largest absolute Gasteiger partial charge is 0.367 e. The van der Waals surface area contributed by atoms with Gasteiger partial charge < -0.3 is 15.2 Å². The minimum absolute atomic E-state index is 0.190. The summed E-state index contributed by atoms with van der Waals surface area (Å²) in [7, 11) is 0. The van der Waals surface area contributed by atoms with Crippen molar-refractivity contribution in [3.05, 3.63) is 64.0 Å². The highest BCUT2D eigenvalue weighted by atomic mass is 16.5. The van der Waals surface area contributed by atoms with Crippen LogP contribution in [0, 0.1) is 19.8 Å². The number of aromatic nitrogens is 4. The smallest absolute Gasteiger partial charge is 0.289 e. The van der Waals surface area contributed by atoms with Gasteiger partial charge in [-0.05, 0) is 57.2 Å². The molecule has 0 saturated heterocycles. The van der Waals surface area contributed by atoms with Crippen molar-refractivity contribution in [3.8, 4) is 5.69 Å². The normalized spacial score (nSPS) is 18.3. The van der Waals surface area contributed by atoms with Crippen molar-refractivity contribution in [1.29, 1.82) is 0 Å². The Kier molecular flexibility index (Phi) is 5.60. The quantitative estimate of drug-likeness (QED) is 0.643. The topological polar surface area (TPSA) is 115 Å². The Bertz CT molecular complexity index is 1110. The molecule has 0 bridgehead atoms. The van der Waals surface area contributed by atoms with Crippen molar-refractivity contribution in [2.45, 2.75) is 39.2 Å². The van der Waals surface area contributed by atoms with Crippen LogP contribution in [0.3, 0.4) is 0 Å². The SMILES string of the molecule is Cc1cc(C(=O)NC[C@@H]2CC[C@H](Nc3ccc(-n4ncccc4=O)c(C)n3)C2)on1. The van der Waals surface area contributed by atoms with Crippen molar-refractivity contribution in [2.75, 3.05) is 11.9 Å². The van der Waals surface area contributed by atoms with Crippen LogP contribution < -0.4 is 16.2 Å². The van der Waals surface area contributed by atoms with Gasteiger partial charge in [0.25, 0.3) is 11.5 Å². The molecule has 4 rings (SSSR count). The predicted molar refractivity (Wildman–Crippen MR) is 111 cm³/mol. The van der Waals surface area contributed by atoms with Crippen molar-refractivity contribution in [2.24, 2.45) is 5.92 Å². The summed E-state index contributed by atoms with van der Waals surface area (Å²) in [5, 5.41) is 14.2. The molecule has 0 radical (unpaired) electrons. The molecule has 0 aromatic carbocycles. The van der Waals surface area contributed by atoms with Gasteiger partial charge in [0.05, 0.1) is 17.1 Å². The van der Waals surface area contributed by atoms with Gasteiger partial charge in [-0.15, -0.1) is 0 Å². The van der Waals surface area contributed by atoms with Gasteiger partial charge in [0, 0.05) is 30.9 Å². The lowest BCUT2D eigenvalue weighted by molar-refractivity contribution is 0.0910. The molecule has 9 nitrogen and oxygen atoms in total. The average Bonchev–Trinajstić information content (AvgIpc) is 3.36. The Morgan fingerprint density at radius 3 is 2.87 bits per heavy atom. The summed E-state index contributed by atoms with van der Waals surface area (Å²) >= 11 is 0. The van der Waals surface area contributed by atoms with Crippen molar-refractivity contribution >= 4 is 11.7 Å². The standard InChI is InChI=1S/C21H24N6O3/c1-13-10-18(30-26-13)21(29)22-12-15-5-6-16(11-15)25-19-8-7-17(14(2)24-19)27-20(28)4-3-9-23-27/h3-4,7-10,15-16H,5-6,11-12H2,1-2H3,(H,22,29)(H,24,25)/t15-,16+/m1/s1. The fourth-order valence-electron chi connectivity index (χ4n) is 3.79. The maximum absolute atomic E-state index is 12.1. The van der Waals surface area contributed by atoms with E-state index in [1.807, 2.05) is 19.1 Å². The summed E-state index contributed by atoms with van der Waals surface area (Å²) in [5.74, 6) is 1.17. The van der Waals surface area contributed by atoms with E-state index in [-0.39, 0.29) is 23.3 Å². The summed E-state index contributed by atoms with van der Waals surface area (Å²) in [4.78, 5) is 28.7. The van der Waals surface area contributed by atoms with Gasteiger partial charge in [0.15, 0.2) is 0 Å². The molecule has 2 N–H and O–H groups in total. The molecule has 3 aromatic heterocycles. The monoisotopic (exact) mass is 408 g/mol. The number of pyridine rings is 1. The van der Waals surface area contributed by atoms with Gasteiger partial charge in [0.2, 0.25) is 5.76 Å². The van der Waals surface area contributed by atoms with Crippen molar-refractivity contribution in [3.63, 3.8) is 0 Å². The molecule has 1 aliphatic carbocycles. The van der Waals surface area contributed by atoms with Crippen LogP contribution in [0.15, 0.2) is 45.8 Å². The van der Waals surface area contributed by atoms with Crippen LogP contribution in [0.25, 0.3) is 5.69 Å². The number of carbonyl (C=O) groups excluding carboxylic acids is 1. The molecule has 30 heavy (non-hydrogen) atoms. The van der Waals surface area contributed by atoms with E-state index in [1.165, 1.54) is 10.7 Å². The molecule has 2 atom stereocenters. The van der Waals surface area contributed by atoms with E-state index in [0.29, 0.717) is 23.8 Å². The molecule has 1 amide bonds. The first-order valence-corrected chi connectivity index (χ1v) is 10.00. The fourth-order valence-corrected chi connectivity index (χ4v) is 3.79. The minimum Gasteiger partial charge on any atom is -0.367 e. The third-order valence-electron chi connectivity index (χ3n) is 5.30. The molecule has 156 valence electrons. The van der Waals surface area contributed by atoms with Gasteiger partial charge in [0.1, 0.15) is 5.82 Å². The lowest BCUT2D eigenvalue weighted by Gasteiger charge is -2.16. The number of hydrogen-bond acceptors (Lipinski definition) is 7. The molecular weight excluding hydrogens is 384 g/mol. The molecule has 0 spiro atoms. The Morgan fingerprint density at radius 2 is 2.13 bits per heavy atom. The molecule has 3 aromatic rings. The zero-order valence-corrected chi connectivity index (χ0v) is 17.0. The second-order valence-electron chi connectivity index (χ2n) is 7.64. The summed E-state index contributed by atoms with van der Waals surface area (Å²) in [6.45, 7) is 4.25. The van der Waals surface area contributed by atoms with Crippen LogP contribution in [-0.4, -0.2) is 38.4 Å². The Morgan fingerprint density at radius 1 is 1.27 bits per heavy atom. The van der Waals surface area contributed by atoms with Crippen LogP contribution in [0.2, 0.25) is 0 Å². The van der Waals surface area contributed by atoms with E-state index in [9.17, 15) is 9.59 Å². The number of carbonyl (C=O) groups is 1. The first-order chi connectivity index (χ1) is 14.5. The lowest BCUT2D eigenvalue weighted by Crippen LogP contribution is -2.28. The average molecular weight is 408 g/mol. The van der Waals surface area contributed by atoms with Gasteiger partial charge in [-0.1, -0.05) is 5.16 Å². The Balaban J connectivity index is 1.32. The fraction of sp³-hybridized carbons (Fsp3) is 0.381. The number of nitrogens with zero attached hydrogens (tertiary/aromatic N) is 4. The third-order valence-corrected chi connectivity index (χ3v) is 5.30. The first kappa shape index (κ1) is 19.8. The van der Waals surface area contributed by atoms with E-state index in [2.05, 4.69) is 25.9 Å². The van der Waals surface area contributed by atoms with Crippen LogP contribution in [0.5, 0.6) is 0 Å².